The molecule has 1 aromatic rings. The third kappa shape index (κ3) is 3.20. The SMILES string of the molecule is O=C1NNC(Cc2ccc(F)c(N3CCCS3(=O)=O)c2)C2CCCCC12. The molecule has 1 saturated carbocycles. The topological polar surface area (TPSA) is 78.5 Å². The van der Waals surface area contributed by atoms with Gasteiger partial charge >= 0.3 is 0 Å². The van der Waals surface area contributed by atoms with Crippen LogP contribution in [0.25, 0.3) is 0 Å². The van der Waals surface area contributed by atoms with Crippen molar-refractivity contribution in [3.05, 3.63) is 29.6 Å². The van der Waals surface area contributed by atoms with Gasteiger partial charge in [-0.15, -0.1) is 0 Å². The van der Waals surface area contributed by atoms with E-state index < -0.39 is 15.8 Å². The van der Waals surface area contributed by atoms with E-state index in [0.717, 1.165) is 31.2 Å². The highest BCUT2D eigenvalue weighted by Gasteiger charge is 2.40. The lowest BCUT2D eigenvalue weighted by Crippen LogP contribution is -2.60. The number of carbonyl (C=O) groups is 1. The quantitative estimate of drug-likeness (QED) is 0.836. The van der Waals surface area contributed by atoms with Crippen molar-refractivity contribution in [3.63, 3.8) is 0 Å². The Balaban J connectivity index is 1.57. The number of hydrogen-bond acceptors (Lipinski definition) is 4. The Morgan fingerprint density at radius 3 is 2.77 bits per heavy atom. The Bertz CT molecular complexity index is 814. The third-order valence-electron chi connectivity index (χ3n) is 5.89. The number of fused-ring (bicyclic) bond motifs is 1. The van der Waals surface area contributed by atoms with Crippen molar-refractivity contribution in [2.24, 2.45) is 11.8 Å². The third-order valence-corrected chi connectivity index (χ3v) is 7.74. The van der Waals surface area contributed by atoms with Crippen LogP contribution in [-0.4, -0.2) is 32.7 Å². The molecule has 3 aliphatic rings. The molecule has 0 bridgehead atoms. The van der Waals surface area contributed by atoms with Crippen LogP contribution in [-0.2, 0) is 21.2 Å². The van der Waals surface area contributed by atoms with Crippen molar-refractivity contribution in [1.82, 2.24) is 10.9 Å². The lowest BCUT2D eigenvalue weighted by molar-refractivity contribution is -0.133. The fourth-order valence-corrected chi connectivity index (χ4v) is 6.13. The number of hydrogen-bond donors (Lipinski definition) is 2. The van der Waals surface area contributed by atoms with E-state index in [-0.39, 0.29) is 35.2 Å². The number of carbonyl (C=O) groups excluding carboxylic acids is 1. The van der Waals surface area contributed by atoms with E-state index in [1.807, 2.05) is 0 Å². The molecule has 2 saturated heterocycles. The molecule has 4 rings (SSSR count). The molecule has 0 spiro atoms. The van der Waals surface area contributed by atoms with Crippen molar-refractivity contribution in [2.75, 3.05) is 16.6 Å². The number of benzene rings is 1. The van der Waals surface area contributed by atoms with Crippen LogP contribution >= 0.6 is 0 Å². The van der Waals surface area contributed by atoms with E-state index in [1.54, 1.807) is 12.1 Å². The molecule has 1 amide bonds. The van der Waals surface area contributed by atoms with Crippen LogP contribution in [0.3, 0.4) is 0 Å². The predicted molar refractivity (Wildman–Crippen MR) is 96.4 cm³/mol. The minimum Gasteiger partial charge on any atom is -0.291 e. The minimum atomic E-state index is -3.42. The molecule has 0 aromatic heterocycles. The summed E-state index contributed by atoms with van der Waals surface area (Å²) < 4.78 is 39.7. The van der Waals surface area contributed by atoms with Gasteiger partial charge < -0.3 is 0 Å². The summed E-state index contributed by atoms with van der Waals surface area (Å²) in [4.78, 5) is 12.1. The van der Waals surface area contributed by atoms with Crippen molar-refractivity contribution in [2.45, 2.75) is 44.6 Å². The normalized spacial score (nSPS) is 30.7. The van der Waals surface area contributed by atoms with Gasteiger partial charge in [-0.05, 0) is 49.3 Å². The van der Waals surface area contributed by atoms with Crippen LogP contribution in [0.1, 0.15) is 37.7 Å². The number of amides is 1. The van der Waals surface area contributed by atoms with Crippen LogP contribution in [0, 0.1) is 17.7 Å². The smallest absolute Gasteiger partial charge is 0.237 e. The van der Waals surface area contributed by atoms with Crippen molar-refractivity contribution in [1.29, 1.82) is 0 Å². The monoisotopic (exact) mass is 381 g/mol. The summed E-state index contributed by atoms with van der Waals surface area (Å²) in [5.74, 6) is -0.0830. The molecule has 0 radical (unpaired) electrons. The summed E-state index contributed by atoms with van der Waals surface area (Å²) in [6.45, 7) is 0.325. The summed E-state index contributed by atoms with van der Waals surface area (Å²) in [5.41, 5.74) is 6.90. The highest BCUT2D eigenvalue weighted by atomic mass is 32.2. The first-order chi connectivity index (χ1) is 12.5. The number of hydrazine groups is 1. The number of sulfonamides is 1. The van der Waals surface area contributed by atoms with Crippen LogP contribution in [0.4, 0.5) is 10.1 Å². The Kier molecular flexibility index (Phi) is 4.64. The predicted octanol–water partition coefficient (Wildman–Crippen LogP) is 1.72. The average molecular weight is 381 g/mol. The molecule has 26 heavy (non-hydrogen) atoms. The zero-order chi connectivity index (χ0) is 18.3. The van der Waals surface area contributed by atoms with E-state index in [0.29, 0.717) is 19.4 Å². The maximum absolute atomic E-state index is 14.3. The summed E-state index contributed by atoms with van der Waals surface area (Å²) in [5, 5.41) is 0. The van der Waals surface area contributed by atoms with Gasteiger partial charge in [-0.3, -0.25) is 14.5 Å². The van der Waals surface area contributed by atoms with Crippen LogP contribution in [0.2, 0.25) is 0 Å². The maximum Gasteiger partial charge on any atom is 0.237 e. The van der Waals surface area contributed by atoms with E-state index in [4.69, 9.17) is 0 Å². The standard InChI is InChI=1S/C18H24FN3O3S/c19-15-7-6-12(11-17(15)22-8-3-9-26(22,24)25)10-16-13-4-1-2-5-14(13)18(23)21-20-16/h6-7,11,13-14,16,20H,1-5,8-10H2,(H,21,23). The van der Waals surface area contributed by atoms with Gasteiger partial charge in [-0.1, -0.05) is 18.9 Å². The first-order valence-electron chi connectivity index (χ1n) is 9.30. The molecule has 2 N–H and O–H groups in total. The molecule has 1 aromatic carbocycles. The molecule has 3 atom stereocenters. The largest absolute Gasteiger partial charge is 0.291 e. The average Bonchev–Trinajstić information content (AvgIpc) is 2.98. The molecular weight excluding hydrogens is 357 g/mol. The Hall–Kier alpha value is -1.67. The highest BCUT2D eigenvalue weighted by Crippen LogP contribution is 2.36. The van der Waals surface area contributed by atoms with Crippen molar-refractivity contribution >= 4 is 21.6 Å². The second-order valence-electron chi connectivity index (χ2n) is 7.53. The molecule has 3 fully saturated rings. The number of nitrogens with zero attached hydrogens (tertiary/aromatic N) is 1. The lowest BCUT2D eigenvalue weighted by Gasteiger charge is -2.41. The maximum atomic E-state index is 14.3. The Morgan fingerprint density at radius 2 is 2.00 bits per heavy atom. The Labute approximate surface area is 153 Å². The molecule has 3 unspecified atom stereocenters. The molecule has 8 heteroatoms. The second-order valence-corrected chi connectivity index (χ2v) is 9.54. The number of anilines is 1. The van der Waals surface area contributed by atoms with Gasteiger partial charge in [0.1, 0.15) is 5.82 Å². The summed E-state index contributed by atoms with van der Waals surface area (Å²) in [6.07, 6.45) is 5.26. The van der Waals surface area contributed by atoms with Crippen molar-refractivity contribution in [3.8, 4) is 0 Å². The van der Waals surface area contributed by atoms with Crippen LogP contribution in [0.15, 0.2) is 18.2 Å². The lowest BCUT2D eigenvalue weighted by atomic mass is 9.72. The van der Waals surface area contributed by atoms with E-state index in [9.17, 15) is 17.6 Å². The van der Waals surface area contributed by atoms with Gasteiger partial charge in [0.2, 0.25) is 15.9 Å². The fourth-order valence-electron chi connectivity index (χ4n) is 4.57. The summed E-state index contributed by atoms with van der Waals surface area (Å²) in [6, 6.07) is 4.77. The number of nitrogens with one attached hydrogen (secondary N) is 2. The molecular formula is C18H24FN3O3S. The van der Waals surface area contributed by atoms with Gasteiger partial charge in [-0.25, -0.2) is 18.2 Å². The van der Waals surface area contributed by atoms with Gasteiger partial charge in [0.15, 0.2) is 0 Å². The number of halogens is 1. The van der Waals surface area contributed by atoms with Gasteiger partial charge in [0.25, 0.3) is 0 Å². The van der Waals surface area contributed by atoms with Crippen molar-refractivity contribution < 1.29 is 17.6 Å². The van der Waals surface area contributed by atoms with Gasteiger partial charge in [-0.2, -0.15) is 0 Å². The molecule has 6 nitrogen and oxygen atoms in total. The molecule has 1 aliphatic carbocycles. The molecule has 2 heterocycles. The first-order valence-corrected chi connectivity index (χ1v) is 10.9. The summed E-state index contributed by atoms with van der Waals surface area (Å²) >= 11 is 0. The van der Waals surface area contributed by atoms with Gasteiger partial charge in [0, 0.05) is 18.5 Å². The van der Waals surface area contributed by atoms with Crippen LogP contribution < -0.4 is 15.2 Å². The second kappa shape index (κ2) is 6.81. The van der Waals surface area contributed by atoms with E-state index in [1.165, 1.54) is 10.4 Å². The van der Waals surface area contributed by atoms with E-state index in [2.05, 4.69) is 10.9 Å². The summed E-state index contributed by atoms with van der Waals surface area (Å²) in [7, 11) is -3.42. The molecule has 2 aliphatic heterocycles. The zero-order valence-electron chi connectivity index (χ0n) is 14.6. The van der Waals surface area contributed by atoms with Gasteiger partial charge in [0.05, 0.1) is 11.4 Å². The van der Waals surface area contributed by atoms with Crippen LogP contribution in [0.5, 0.6) is 0 Å². The Morgan fingerprint density at radius 1 is 1.19 bits per heavy atom. The minimum absolute atomic E-state index is 0.0360. The number of rotatable bonds is 3. The highest BCUT2D eigenvalue weighted by molar-refractivity contribution is 7.93. The van der Waals surface area contributed by atoms with E-state index >= 15 is 0 Å². The molecule has 142 valence electrons. The fraction of sp³-hybridized carbons (Fsp3) is 0.611. The zero-order valence-corrected chi connectivity index (χ0v) is 15.4. The first kappa shape index (κ1) is 17.7.